The number of barbiturate groups is 1. The van der Waals surface area contributed by atoms with Crippen molar-refractivity contribution in [2.24, 2.45) is 0 Å². The molecular formula is C26H22N4O6. The Balaban J connectivity index is 1.33. The third-order valence-corrected chi connectivity index (χ3v) is 5.78. The molecule has 0 aliphatic carbocycles. The van der Waals surface area contributed by atoms with Gasteiger partial charge in [-0.25, -0.2) is 4.79 Å². The number of aromatic nitrogens is 2. The van der Waals surface area contributed by atoms with Gasteiger partial charge in [-0.1, -0.05) is 0 Å². The number of methoxy groups -OCH3 is 1. The van der Waals surface area contributed by atoms with Gasteiger partial charge in [0.05, 0.1) is 24.0 Å². The molecule has 0 bridgehead atoms. The Labute approximate surface area is 205 Å². The molecule has 2 N–H and O–H groups in total. The smallest absolute Gasteiger partial charge is 0.328 e. The summed E-state index contributed by atoms with van der Waals surface area (Å²) in [5.74, 6) is -0.268. The first-order chi connectivity index (χ1) is 17.5. The van der Waals surface area contributed by atoms with Gasteiger partial charge >= 0.3 is 6.03 Å². The fourth-order valence-corrected chi connectivity index (χ4v) is 3.98. The minimum atomic E-state index is -1.93. The lowest BCUT2D eigenvalue weighted by Crippen LogP contribution is -2.69. The van der Waals surface area contributed by atoms with E-state index < -0.39 is 23.4 Å². The summed E-state index contributed by atoms with van der Waals surface area (Å²) in [4.78, 5) is 40.8. The molecular weight excluding hydrogens is 464 g/mol. The first kappa shape index (κ1) is 23.1. The minimum Gasteiger partial charge on any atom is -0.467 e. The van der Waals surface area contributed by atoms with Crippen LogP contribution in [0.4, 0.5) is 4.79 Å². The van der Waals surface area contributed by atoms with Crippen molar-refractivity contribution in [3.8, 4) is 22.9 Å². The summed E-state index contributed by atoms with van der Waals surface area (Å²) < 4.78 is 18.9. The third kappa shape index (κ3) is 4.37. The second-order valence-electron chi connectivity index (χ2n) is 8.10. The van der Waals surface area contributed by atoms with Gasteiger partial charge in [-0.2, -0.15) is 0 Å². The van der Waals surface area contributed by atoms with E-state index in [-0.39, 0.29) is 18.8 Å². The first-order valence-electron chi connectivity index (χ1n) is 11.1. The van der Waals surface area contributed by atoms with Crippen LogP contribution in [0.2, 0.25) is 0 Å². The van der Waals surface area contributed by atoms with Gasteiger partial charge < -0.3 is 18.8 Å². The number of benzene rings is 2. The topological polar surface area (TPSA) is 121 Å². The van der Waals surface area contributed by atoms with Crippen LogP contribution in [0.25, 0.3) is 16.6 Å². The average Bonchev–Trinajstić information content (AvgIpc) is 3.30. The number of pyridine rings is 1. The van der Waals surface area contributed by atoms with Gasteiger partial charge in [0.2, 0.25) is 0 Å². The number of nitrogens with one attached hydrogen (secondary N) is 2. The van der Waals surface area contributed by atoms with E-state index in [1.165, 1.54) is 7.11 Å². The molecule has 0 atom stereocenters. The maximum atomic E-state index is 12.6. The Morgan fingerprint density at radius 2 is 1.64 bits per heavy atom. The van der Waals surface area contributed by atoms with Crippen molar-refractivity contribution in [3.63, 3.8) is 0 Å². The fourth-order valence-electron chi connectivity index (χ4n) is 3.98. The number of amides is 4. The highest BCUT2D eigenvalue weighted by molar-refractivity contribution is 6.21. The van der Waals surface area contributed by atoms with Crippen molar-refractivity contribution in [1.29, 1.82) is 0 Å². The van der Waals surface area contributed by atoms with E-state index in [4.69, 9.17) is 14.2 Å². The van der Waals surface area contributed by atoms with E-state index in [1.54, 1.807) is 36.7 Å². The van der Waals surface area contributed by atoms with Crippen molar-refractivity contribution in [3.05, 3.63) is 79.3 Å². The Morgan fingerprint density at radius 1 is 0.917 bits per heavy atom. The average molecular weight is 486 g/mol. The molecule has 0 unspecified atom stereocenters. The fraction of sp³-hybridized carbons (Fsp3) is 0.154. The number of nitrogens with zero attached hydrogens (tertiary/aromatic N) is 2. The molecule has 10 nitrogen and oxygen atoms in total. The Bertz CT molecular complexity index is 1410. The summed E-state index contributed by atoms with van der Waals surface area (Å²) in [6.45, 7) is 0.0706. The minimum absolute atomic E-state index is 0.0706. The summed E-state index contributed by atoms with van der Waals surface area (Å²) in [5.41, 5.74) is 0.0476. The van der Waals surface area contributed by atoms with Crippen molar-refractivity contribution in [2.75, 3.05) is 13.7 Å². The molecule has 0 saturated carbocycles. The lowest BCUT2D eigenvalue weighted by molar-refractivity contribution is -0.153. The number of rotatable bonds is 8. The maximum Gasteiger partial charge on any atom is 0.328 e. The van der Waals surface area contributed by atoms with Gasteiger partial charge in [-0.15, -0.1) is 0 Å². The van der Waals surface area contributed by atoms with Crippen LogP contribution in [0.5, 0.6) is 17.2 Å². The van der Waals surface area contributed by atoms with Crippen LogP contribution in [0.3, 0.4) is 0 Å². The number of carbonyl (C=O) groups is 3. The molecule has 1 aliphatic rings. The van der Waals surface area contributed by atoms with Crippen molar-refractivity contribution >= 4 is 28.7 Å². The van der Waals surface area contributed by atoms with Gasteiger partial charge in [-0.3, -0.25) is 25.2 Å². The van der Waals surface area contributed by atoms with Crippen LogP contribution >= 0.6 is 0 Å². The van der Waals surface area contributed by atoms with Gasteiger partial charge in [0.25, 0.3) is 17.4 Å². The van der Waals surface area contributed by atoms with Crippen molar-refractivity contribution in [1.82, 2.24) is 20.2 Å². The third-order valence-electron chi connectivity index (χ3n) is 5.78. The monoisotopic (exact) mass is 486 g/mol. The van der Waals surface area contributed by atoms with Crippen LogP contribution < -0.4 is 20.1 Å². The van der Waals surface area contributed by atoms with E-state index in [0.717, 1.165) is 16.6 Å². The van der Waals surface area contributed by atoms with Crippen LogP contribution in [-0.4, -0.2) is 46.7 Å². The second-order valence-corrected chi connectivity index (χ2v) is 8.10. The second kappa shape index (κ2) is 9.51. The Hall–Kier alpha value is -4.70. The van der Waals surface area contributed by atoms with E-state index in [2.05, 4.69) is 15.6 Å². The molecule has 10 heteroatoms. The molecule has 3 heterocycles. The molecule has 2 aromatic carbocycles. The van der Waals surface area contributed by atoms with Crippen LogP contribution in [-0.2, 0) is 14.3 Å². The largest absolute Gasteiger partial charge is 0.467 e. The summed E-state index contributed by atoms with van der Waals surface area (Å²) in [6, 6.07) is 17.2. The molecule has 0 spiro atoms. The van der Waals surface area contributed by atoms with Crippen molar-refractivity contribution < 1.29 is 28.6 Å². The molecule has 182 valence electrons. The van der Waals surface area contributed by atoms with Gasteiger partial charge in [0, 0.05) is 31.3 Å². The van der Waals surface area contributed by atoms with Crippen LogP contribution in [0, 0.1) is 0 Å². The zero-order valence-electron chi connectivity index (χ0n) is 19.3. The number of urea groups is 1. The van der Waals surface area contributed by atoms with E-state index in [1.807, 2.05) is 47.2 Å². The highest BCUT2D eigenvalue weighted by Gasteiger charge is 2.52. The SMILES string of the molecule is COCCC1(Oc2ccc(Oc3ccc4c(ccn4-c4cccnc4)c3)cc2)C(=O)NC(=O)NC1=O. The highest BCUT2D eigenvalue weighted by Crippen LogP contribution is 2.30. The predicted octanol–water partition coefficient (Wildman–Crippen LogP) is 3.34. The van der Waals surface area contributed by atoms with Crippen LogP contribution in [0.1, 0.15) is 6.42 Å². The molecule has 1 saturated heterocycles. The van der Waals surface area contributed by atoms with E-state index >= 15 is 0 Å². The summed E-state index contributed by atoms with van der Waals surface area (Å²) in [5, 5.41) is 5.16. The van der Waals surface area contributed by atoms with Crippen LogP contribution in [0.15, 0.2) is 79.3 Å². The Kier molecular flexibility index (Phi) is 6.09. The summed E-state index contributed by atoms with van der Waals surface area (Å²) >= 11 is 0. The predicted molar refractivity (Wildman–Crippen MR) is 129 cm³/mol. The lowest BCUT2D eigenvalue weighted by Gasteiger charge is -2.34. The van der Waals surface area contributed by atoms with Gasteiger partial charge in [0.15, 0.2) is 0 Å². The number of ether oxygens (including phenoxy) is 3. The first-order valence-corrected chi connectivity index (χ1v) is 11.1. The number of imide groups is 2. The normalized spacial score (nSPS) is 14.9. The van der Waals surface area contributed by atoms with E-state index in [9.17, 15) is 14.4 Å². The molecule has 4 amide bonds. The lowest BCUT2D eigenvalue weighted by atomic mass is 9.95. The molecule has 1 aliphatic heterocycles. The summed E-state index contributed by atoms with van der Waals surface area (Å²) in [7, 11) is 1.44. The zero-order valence-corrected chi connectivity index (χ0v) is 19.3. The quantitative estimate of drug-likeness (QED) is 0.367. The van der Waals surface area contributed by atoms with Crippen molar-refractivity contribution in [2.45, 2.75) is 12.0 Å². The zero-order chi connectivity index (χ0) is 25.1. The van der Waals surface area contributed by atoms with Gasteiger partial charge in [-0.05, 0) is 60.7 Å². The molecule has 1 fully saturated rings. The maximum absolute atomic E-state index is 12.6. The standard InChI is InChI=1S/C26H22N4O6/c1-34-14-11-26(23(31)28-25(33)29-24(26)32)36-20-6-4-19(5-7-20)35-21-8-9-22-17(15-21)10-13-30(22)18-3-2-12-27-16-18/h2-10,12-13,15-16H,11,14H2,1H3,(H2,28,29,31,32,33). The Morgan fingerprint density at radius 3 is 2.33 bits per heavy atom. The molecule has 2 aromatic heterocycles. The molecule has 36 heavy (non-hydrogen) atoms. The molecule has 5 rings (SSSR count). The number of fused-ring (bicyclic) bond motifs is 1. The van der Waals surface area contributed by atoms with E-state index in [0.29, 0.717) is 11.5 Å². The summed E-state index contributed by atoms with van der Waals surface area (Å²) in [6.07, 6.45) is 5.43. The van der Waals surface area contributed by atoms with Gasteiger partial charge in [0.1, 0.15) is 17.2 Å². The highest BCUT2D eigenvalue weighted by atomic mass is 16.5. The molecule has 4 aromatic rings. The molecule has 0 radical (unpaired) electrons. The number of hydrogen-bond acceptors (Lipinski definition) is 7. The number of hydrogen-bond donors (Lipinski definition) is 2. The number of carbonyl (C=O) groups excluding carboxylic acids is 3.